The number of amides is 2. The number of hydrogen-bond donors (Lipinski definition) is 1. The van der Waals surface area contributed by atoms with Crippen LogP contribution < -0.4 is 19.9 Å². The molecule has 1 aliphatic carbocycles. The highest BCUT2D eigenvalue weighted by molar-refractivity contribution is 6.05. The Bertz CT molecular complexity index is 1010. The minimum absolute atomic E-state index is 0.0448. The maximum absolute atomic E-state index is 13.8. The molecule has 1 heterocycles. The van der Waals surface area contributed by atoms with Crippen molar-refractivity contribution in [2.45, 2.75) is 39.0 Å². The number of carbonyl (C=O) groups excluding carboxylic acids is 2. The van der Waals surface area contributed by atoms with Crippen molar-refractivity contribution in [1.82, 2.24) is 10.2 Å². The zero-order valence-corrected chi connectivity index (χ0v) is 21.7. The lowest BCUT2D eigenvalue weighted by Gasteiger charge is -2.38. The first-order valence-electron chi connectivity index (χ1n) is 13.4. The average molecular weight is 493 g/mol. The third-order valence-electron chi connectivity index (χ3n) is 7.44. The van der Waals surface area contributed by atoms with Gasteiger partial charge in [0.2, 0.25) is 5.91 Å². The molecule has 0 aromatic heterocycles. The highest BCUT2D eigenvalue weighted by Crippen LogP contribution is 2.30. The fourth-order valence-electron chi connectivity index (χ4n) is 5.42. The Kier molecular flexibility index (Phi) is 9.23. The predicted octanol–water partition coefficient (Wildman–Crippen LogP) is 4.18. The van der Waals surface area contributed by atoms with Crippen LogP contribution in [0.3, 0.4) is 0 Å². The largest absolute Gasteiger partial charge is 0.495 e. The highest BCUT2D eigenvalue weighted by Gasteiger charge is 2.30. The summed E-state index contributed by atoms with van der Waals surface area (Å²) in [5.41, 5.74) is 2.43. The van der Waals surface area contributed by atoms with Crippen molar-refractivity contribution >= 4 is 23.2 Å². The summed E-state index contributed by atoms with van der Waals surface area (Å²) in [5.74, 6) is 0.986. The number of methoxy groups -OCH3 is 1. The van der Waals surface area contributed by atoms with E-state index in [1.54, 1.807) is 7.11 Å². The zero-order valence-electron chi connectivity index (χ0n) is 21.7. The third-order valence-corrected chi connectivity index (χ3v) is 7.44. The molecule has 7 heteroatoms. The van der Waals surface area contributed by atoms with Gasteiger partial charge in [0.25, 0.3) is 5.91 Å². The Hall–Kier alpha value is -3.06. The lowest BCUT2D eigenvalue weighted by Crippen LogP contribution is -2.50. The second kappa shape index (κ2) is 12.8. The van der Waals surface area contributed by atoms with Crippen LogP contribution in [0, 0.1) is 5.92 Å². The van der Waals surface area contributed by atoms with Crippen LogP contribution in [0.4, 0.5) is 11.4 Å². The molecule has 0 atom stereocenters. The van der Waals surface area contributed by atoms with Crippen molar-refractivity contribution in [2.24, 2.45) is 5.92 Å². The van der Waals surface area contributed by atoms with Crippen LogP contribution in [-0.2, 0) is 4.79 Å². The van der Waals surface area contributed by atoms with E-state index in [9.17, 15) is 9.59 Å². The van der Waals surface area contributed by atoms with E-state index in [1.165, 1.54) is 6.42 Å². The number of anilines is 2. The highest BCUT2D eigenvalue weighted by atomic mass is 16.5. The molecule has 0 unspecified atom stereocenters. The Balaban J connectivity index is 1.46. The van der Waals surface area contributed by atoms with Crippen molar-refractivity contribution in [1.29, 1.82) is 0 Å². The number of hydrogen-bond acceptors (Lipinski definition) is 5. The van der Waals surface area contributed by atoms with Gasteiger partial charge in [-0.15, -0.1) is 0 Å². The normalized spacial score (nSPS) is 17.0. The lowest BCUT2D eigenvalue weighted by molar-refractivity contribution is -0.123. The van der Waals surface area contributed by atoms with Crippen molar-refractivity contribution in [3.05, 3.63) is 54.1 Å². The number of carbonyl (C=O) groups is 2. The fraction of sp³-hybridized carbons (Fsp3) is 0.517. The van der Waals surface area contributed by atoms with E-state index >= 15 is 0 Å². The van der Waals surface area contributed by atoms with Gasteiger partial charge in [0.1, 0.15) is 5.75 Å². The summed E-state index contributed by atoms with van der Waals surface area (Å²) in [6.07, 6.45) is 5.29. The molecule has 7 nitrogen and oxygen atoms in total. The second-order valence-corrected chi connectivity index (χ2v) is 9.70. The van der Waals surface area contributed by atoms with Gasteiger partial charge in [-0.3, -0.25) is 14.5 Å². The minimum Gasteiger partial charge on any atom is -0.495 e. The summed E-state index contributed by atoms with van der Waals surface area (Å²) in [6.45, 7) is 7.49. The first-order chi connectivity index (χ1) is 17.6. The SMILES string of the molecule is CCNC(=O)c1ccccc1N(CCN1CCN(c2ccccc2OC)CC1)C(=O)C1CCCCC1. The Morgan fingerprint density at radius 1 is 0.972 bits per heavy atom. The second-order valence-electron chi connectivity index (χ2n) is 9.70. The van der Waals surface area contributed by atoms with Gasteiger partial charge in [0.05, 0.1) is 24.0 Å². The van der Waals surface area contributed by atoms with E-state index < -0.39 is 0 Å². The first-order valence-corrected chi connectivity index (χ1v) is 13.4. The van der Waals surface area contributed by atoms with E-state index in [0.29, 0.717) is 18.7 Å². The van der Waals surface area contributed by atoms with Crippen molar-refractivity contribution in [3.8, 4) is 5.75 Å². The third kappa shape index (κ3) is 6.19. The molecule has 194 valence electrons. The van der Waals surface area contributed by atoms with Gasteiger partial charge in [0.15, 0.2) is 0 Å². The zero-order chi connectivity index (χ0) is 25.3. The Labute approximate surface area is 215 Å². The molecule has 2 fully saturated rings. The number of ether oxygens (including phenoxy) is 1. The summed E-state index contributed by atoms with van der Waals surface area (Å²) in [7, 11) is 1.71. The smallest absolute Gasteiger partial charge is 0.253 e. The monoisotopic (exact) mass is 492 g/mol. The van der Waals surface area contributed by atoms with Crippen LogP contribution in [0.25, 0.3) is 0 Å². The van der Waals surface area contributed by atoms with Gasteiger partial charge in [-0.05, 0) is 44.0 Å². The van der Waals surface area contributed by atoms with Crippen LogP contribution in [0.5, 0.6) is 5.75 Å². The minimum atomic E-state index is -0.125. The van der Waals surface area contributed by atoms with Crippen LogP contribution in [0.2, 0.25) is 0 Å². The quantitative estimate of drug-likeness (QED) is 0.569. The van der Waals surface area contributed by atoms with E-state index in [-0.39, 0.29) is 17.7 Å². The average Bonchev–Trinajstić information content (AvgIpc) is 2.94. The molecule has 0 bridgehead atoms. The summed E-state index contributed by atoms with van der Waals surface area (Å²) < 4.78 is 5.55. The molecule has 36 heavy (non-hydrogen) atoms. The number of nitrogens with zero attached hydrogens (tertiary/aromatic N) is 3. The number of para-hydroxylation sites is 3. The molecule has 2 aromatic carbocycles. The van der Waals surface area contributed by atoms with Crippen LogP contribution in [0.1, 0.15) is 49.4 Å². The molecule has 2 aromatic rings. The standard InChI is InChI=1S/C29H40N4O3/c1-3-30-28(34)24-13-7-8-14-25(24)33(29(35)23-11-5-4-6-12-23)22-19-31-17-20-32(21-18-31)26-15-9-10-16-27(26)36-2/h7-10,13-16,23H,3-6,11-12,17-22H2,1-2H3,(H,30,34). The summed E-state index contributed by atoms with van der Waals surface area (Å²) >= 11 is 0. The maximum Gasteiger partial charge on any atom is 0.253 e. The van der Waals surface area contributed by atoms with Gasteiger partial charge in [-0.1, -0.05) is 43.5 Å². The Morgan fingerprint density at radius 2 is 1.67 bits per heavy atom. The molecule has 1 saturated heterocycles. The van der Waals surface area contributed by atoms with Gasteiger partial charge in [-0.25, -0.2) is 0 Å². The molecular weight excluding hydrogens is 452 g/mol. The van der Waals surface area contributed by atoms with Crippen LogP contribution in [0.15, 0.2) is 48.5 Å². The lowest BCUT2D eigenvalue weighted by atomic mass is 9.88. The van der Waals surface area contributed by atoms with Crippen molar-refractivity contribution in [2.75, 3.05) is 62.7 Å². The summed E-state index contributed by atoms with van der Waals surface area (Å²) in [4.78, 5) is 33.3. The van der Waals surface area contributed by atoms with Gasteiger partial charge in [0, 0.05) is 51.7 Å². The molecule has 2 aliphatic rings. The Morgan fingerprint density at radius 3 is 2.39 bits per heavy atom. The molecular formula is C29H40N4O3. The molecule has 1 N–H and O–H groups in total. The number of piperazine rings is 1. The van der Waals surface area contributed by atoms with Crippen LogP contribution in [-0.4, -0.2) is 69.6 Å². The predicted molar refractivity (Wildman–Crippen MR) is 145 cm³/mol. The van der Waals surface area contributed by atoms with Crippen molar-refractivity contribution < 1.29 is 14.3 Å². The molecule has 1 saturated carbocycles. The first kappa shape index (κ1) is 26.0. The van der Waals surface area contributed by atoms with E-state index in [1.807, 2.05) is 54.3 Å². The summed E-state index contributed by atoms with van der Waals surface area (Å²) in [5, 5.41) is 2.91. The van der Waals surface area contributed by atoms with Gasteiger partial charge < -0.3 is 19.9 Å². The van der Waals surface area contributed by atoms with Gasteiger partial charge >= 0.3 is 0 Å². The molecule has 4 rings (SSSR count). The number of nitrogens with one attached hydrogen (secondary N) is 1. The maximum atomic E-state index is 13.8. The van der Waals surface area contributed by atoms with E-state index in [0.717, 1.165) is 75.5 Å². The molecule has 0 radical (unpaired) electrons. The van der Waals surface area contributed by atoms with E-state index in [4.69, 9.17) is 4.74 Å². The molecule has 1 aliphatic heterocycles. The number of benzene rings is 2. The topological polar surface area (TPSA) is 65.1 Å². The van der Waals surface area contributed by atoms with E-state index in [2.05, 4.69) is 21.2 Å². The summed E-state index contributed by atoms with van der Waals surface area (Å²) in [6, 6.07) is 15.7. The van der Waals surface area contributed by atoms with Crippen LogP contribution >= 0.6 is 0 Å². The van der Waals surface area contributed by atoms with Gasteiger partial charge in [-0.2, -0.15) is 0 Å². The fourth-order valence-corrected chi connectivity index (χ4v) is 5.42. The molecule has 0 spiro atoms. The number of rotatable bonds is 9. The van der Waals surface area contributed by atoms with Crippen molar-refractivity contribution in [3.63, 3.8) is 0 Å². The molecule has 2 amide bonds.